The molecule has 0 saturated carbocycles. The maximum atomic E-state index is 12.6. The van der Waals surface area contributed by atoms with Crippen molar-refractivity contribution in [1.82, 2.24) is 9.55 Å². The third-order valence-electron chi connectivity index (χ3n) is 4.41. The molecule has 144 valence electrons. The van der Waals surface area contributed by atoms with E-state index in [4.69, 9.17) is 23.2 Å². The molecule has 0 saturated heterocycles. The summed E-state index contributed by atoms with van der Waals surface area (Å²) in [7, 11) is 1.77. The van der Waals surface area contributed by atoms with Crippen molar-refractivity contribution >= 4 is 34.1 Å². The van der Waals surface area contributed by atoms with Crippen molar-refractivity contribution in [2.24, 2.45) is 7.05 Å². The summed E-state index contributed by atoms with van der Waals surface area (Å²) in [6.07, 6.45) is -0.161. The fourth-order valence-corrected chi connectivity index (χ4v) is 3.88. The number of hydrogen-bond donors (Lipinski definition) is 0. The van der Waals surface area contributed by atoms with Crippen LogP contribution in [0.25, 0.3) is 10.9 Å². The minimum Gasteiger partial charge on any atom is -0.406 e. The quantitative estimate of drug-likeness (QED) is 0.503. The van der Waals surface area contributed by atoms with Gasteiger partial charge in [0.15, 0.2) is 0 Å². The van der Waals surface area contributed by atoms with Crippen LogP contribution in [0.15, 0.2) is 24.5 Å². The Kier molecular flexibility index (Phi) is 5.32. The summed E-state index contributed by atoms with van der Waals surface area (Å²) in [5.41, 5.74) is 3.75. The first-order valence-corrected chi connectivity index (χ1v) is 9.02. The highest BCUT2D eigenvalue weighted by molar-refractivity contribution is 6.36. The number of nitrogens with zero attached hydrogens (tertiary/aromatic N) is 2. The van der Waals surface area contributed by atoms with E-state index in [0.29, 0.717) is 34.0 Å². The molecule has 0 spiro atoms. The van der Waals surface area contributed by atoms with Crippen molar-refractivity contribution in [3.8, 4) is 5.75 Å². The molecule has 0 aliphatic rings. The molecular formula is C19H17Cl2F3N2O. The Morgan fingerprint density at radius 1 is 1.22 bits per heavy atom. The van der Waals surface area contributed by atoms with Gasteiger partial charge < -0.3 is 9.30 Å². The fourth-order valence-electron chi connectivity index (χ4n) is 3.27. The van der Waals surface area contributed by atoms with Gasteiger partial charge in [-0.25, -0.2) is 0 Å². The average Bonchev–Trinajstić information content (AvgIpc) is 2.86. The van der Waals surface area contributed by atoms with Gasteiger partial charge in [-0.1, -0.05) is 30.1 Å². The summed E-state index contributed by atoms with van der Waals surface area (Å²) in [5, 5.41) is 1.84. The summed E-state index contributed by atoms with van der Waals surface area (Å²) < 4.78 is 43.5. The van der Waals surface area contributed by atoms with E-state index in [1.54, 1.807) is 24.7 Å². The SMILES string of the molecule is CCc1ncc(Cl)c(Cc2cn(C)c3cc(OC(F)(F)F)cc(C)c23)c1Cl. The lowest BCUT2D eigenvalue weighted by atomic mass is 10.0. The number of alkyl halides is 3. The second-order valence-electron chi connectivity index (χ2n) is 6.32. The molecule has 27 heavy (non-hydrogen) atoms. The maximum Gasteiger partial charge on any atom is 0.573 e. The lowest BCUT2D eigenvalue weighted by Gasteiger charge is -2.12. The molecule has 8 heteroatoms. The van der Waals surface area contributed by atoms with Crippen LogP contribution in [0.5, 0.6) is 5.75 Å². The molecule has 0 amide bonds. The van der Waals surface area contributed by atoms with E-state index in [-0.39, 0.29) is 5.75 Å². The highest BCUT2D eigenvalue weighted by atomic mass is 35.5. The summed E-state index contributed by atoms with van der Waals surface area (Å²) in [6, 6.07) is 2.76. The minimum atomic E-state index is -4.73. The lowest BCUT2D eigenvalue weighted by Crippen LogP contribution is -2.17. The van der Waals surface area contributed by atoms with Crippen LogP contribution >= 0.6 is 23.2 Å². The predicted octanol–water partition coefficient (Wildman–Crippen LogP) is 6.24. The van der Waals surface area contributed by atoms with Crippen molar-refractivity contribution in [3.05, 3.63) is 57.0 Å². The van der Waals surface area contributed by atoms with E-state index in [1.165, 1.54) is 12.1 Å². The molecule has 0 N–H and O–H groups in total. The molecule has 0 aliphatic carbocycles. The predicted molar refractivity (Wildman–Crippen MR) is 101 cm³/mol. The highest BCUT2D eigenvalue weighted by Gasteiger charge is 2.31. The Hall–Kier alpha value is -1.92. The molecule has 0 radical (unpaired) electrons. The largest absolute Gasteiger partial charge is 0.573 e. The molecule has 0 fully saturated rings. The molecule has 3 nitrogen and oxygen atoms in total. The molecule has 0 atom stereocenters. The topological polar surface area (TPSA) is 27.1 Å². The Morgan fingerprint density at radius 2 is 1.93 bits per heavy atom. The maximum absolute atomic E-state index is 12.6. The van der Waals surface area contributed by atoms with E-state index in [2.05, 4.69) is 9.72 Å². The summed E-state index contributed by atoms with van der Waals surface area (Å²) in [4.78, 5) is 4.24. The standard InChI is InChI=1S/C19H17Cl2F3N2O/c1-4-15-18(21)13(14(20)8-25-15)6-11-9-26(3)16-7-12(27-19(22,23)24)5-10(2)17(11)16/h5,7-9H,4,6H2,1-3H3. The first-order valence-electron chi connectivity index (χ1n) is 8.26. The lowest BCUT2D eigenvalue weighted by molar-refractivity contribution is -0.274. The zero-order chi connectivity index (χ0) is 19.9. The normalized spacial score (nSPS) is 12.0. The van der Waals surface area contributed by atoms with Crippen molar-refractivity contribution in [2.45, 2.75) is 33.1 Å². The number of aromatic nitrogens is 2. The van der Waals surface area contributed by atoms with Crippen LogP contribution in [-0.4, -0.2) is 15.9 Å². The van der Waals surface area contributed by atoms with Crippen molar-refractivity contribution in [3.63, 3.8) is 0 Å². The molecular weight excluding hydrogens is 400 g/mol. The van der Waals surface area contributed by atoms with Gasteiger partial charge >= 0.3 is 6.36 Å². The second kappa shape index (κ2) is 7.24. The smallest absolute Gasteiger partial charge is 0.406 e. The minimum absolute atomic E-state index is 0.242. The van der Waals surface area contributed by atoms with Crippen LogP contribution in [0.1, 0.15) is 29.3 Å². The molecule has 0 unspecified atom stereocenters. The van der Waals surface area contributed by atoms with Gasteiger partial charge in [-0.2, -0.15) is 0 Å². The molecule has 2 heterocycles. The first-order chi connectivity index (χ1) is 12.6. The highest BCUT2D eigenvalue weighted by Crippen LogP contribution is 2.35. The number of benzene rings is 1. The van der Waals surface area contributed by atoms with Crippen LogP contribution in [0.3, 0.4) is 0 Å². The Balaban J connectivity index is 2.10. The van der Waals surface area contributed by atoms with Crippen LogP contribution in [0, 0.1) is 6.92 Å². The number of halogens is 5. The van der Waals surface area contributed by atoms with E-state index in [0.717, 1.165) is 22.2 Å². The third kappa shape index (κ3) is 4.01. The van der Waals surface area contributed by atoms with Crippen LogP contribution in [0.2, 0.25) is 10.0 Å². The molecule has 3 aromatic rings. The average molecular weight is 417 g/mol. The number of rotatable bonds is 4. The fraction of sp³-hybridized carbons (Fsp3) is 0.316. The second-order valence-corrected chi connectivity index (χ2v) is 7.11. The number of ether oxygens (including phenoxy) is 1. The zero-order valence-electron chi connectivity index (χ0n) is 14.9. The van der Waals surface area contributed by atoms with Crippen LogP contribution < -0.4 is 4.74 Å². The number of hydrogen-bond acceptors (Lipinski definition) is 2. The van der Waals surface area contributed by atoms with Crippen molar-refractivity contribution in [1.29, 1.82) is 0 Å². The summed E-state index contributed by atoms with van der Waals surface area (Å²) >= 11 is 12.8. The molecule has 2 aromatic heterocycles. The zero-order valence-corrected chi connectivity index (χ0v) is 16.4. The van der Waals surface area contributed by atoms with Gasteiger partial charge in [-0.05, 0) is 36.1 Å². The first kappa shape index (κ1) is 19.8. The summed E-state index contributed by atoms with van der Waals surface area (Å²) in [6.45, 7) is 3.71. The van der Waals surface area contributed by atoms with E-state index in [9.17, 15) is 13.2 Å². The molecule has 3 rings (SSSR count). The number of aryl methyl sites for hydroxylation is 3. The van der Waals surface area contributed by atoms with Gasteiger partial charge in [0.1, 0.15) is 5.75 Å². The van der Waals surface area contributed by atoms with Gasteiger partial charge in [0.25, 0.3) is 0 Å². The van der Waals surface area contributed by atoms with Crippen molar-refractivity contribution in [2.75, 3.05) is 0 Å². The summed E-state index contributed by atoms with van der Waals surface area (Å²) in [5.74, 6) is -0.242. The third-order valence-corrected chi connectivity index (χ3v) is 5.19. The van der Waals surface area contributed by atoms with Gasteiger partial charge in [-0.15, -0.1) is 13.2 Å². The van der Waals surface area contributed by atoms with Crippen LogP contribution in [-0.2, 0) is 19.9 Å². The van der Waals surface area contributed by atoms with E-state index < -0.39 is 6.36 Å². The van der Waals surface area contributed by atoms with Gasteiger partial charge in [0, 0.05) is 37.3 Å². The van der Waals surface area contributed by atoms with Gasteiger partial charge in [0.2, 0.25) is 0 Å². The van der Waals surface area contributed by atoms with E-state index in [1.807, 2.05) is 13.1 Å². The van der Waals surface area contributed by atoms with E-state index >= 15 is 0 Å². The number of pyridine rings is 1. The van der Waals surface area contributed by atoms with Gasteiger partial charge in [0.05, 0.1) is 21.3 Å². The Bertz CT molecular complexity index is 1010. The molecule has 0 bridgehead atoms. The van der Waals surface area contributed by atoms with Crippen molar-refractivity contribution < 1.29 is 17.9 Å². The molecule has 0 aliphatic heterocycles. The molecule has 1 aromatic carbocycles. The Morgan fingerprint density at radius 3 is 2.56 bits per heavy atom. The number of fused-ring (bicyclic) bond motifs is 1. The monoisotopic (exact) mass is 416 g/mol. The Labute approximate surface area is 164 Å². The van der Waals surface area contributed by atoms with Gasteiger partial charge in [-0.3, -0.25) is 4.98 Å². The van der Waals surface area contributed by atoms with Crippen LogP contribution in [0.4, 0.5) is 13.2 Å².